The van der Waals surface area contributed by atoms with Crippen molar-refractivity contribution in [3.05, 3.63) is 42.0 Å². The third-order valence-electron chi connectivity index (χ3n) is 4.25. The third-order valence-corrected chi connectivity index (χ3v) is 5.35. The molecule has 1 aromatic heterocycles. The van der Waals surface area contributed by atoms with Gasteiger partial charge >= 0.3 is 0 Å². The predicted molar refractivity (Wildman–Crippen MR) is 97.3 cm³/mol. The molecule has 3 rings (SSSR count). The van der Waals surface area contributed by atoms with Crippen LogP contribution in [0.15, 0.2) is 36.4 Å². The minimum Gasteiger partial charge on any atom is -0.366 e. The van der Waals surface area contributed by atoms with Crippen molar-refractivity contribution < 1.29 is 14.4 Å². The summed E-state index contributed by atoms with van der Waals surface area (Å²) in [5.41, 5.74) is 6.69. The number of nitrogens with two attached hydrogens (primary N) is 1. The number of nitrogens with one attached hydrogen (secondary N) is 1. The first-order chi connectivity index (χ1) is 12.0. The number of hydrogen-bond acceptors (Lipinski definition) is 4. The monoisotopic (exact) mass is 357 g/mol. The topological polar surface area (TPSA) is 92.5 Å². The lowest BCUT2D eigenvalue weighted by atomic mass is 10.1. The largest absolute Gasteiger partial charge is 0.366 e. The van der Waals surface area contributed by atoms with Crippen LogP contribution in [0.25, 0.3) is 10.4 Å². The van der Waals surface area contributed by atoms with E-state index < -0.39 is 11.9 Å². The molecule has 2 heterocycles. The van der Waals surface area contributed by atoms with E-state index in [-0.39, 0.29) is 17.4 Å². The fraction of sp³-hybridized carbons (Fsp3) is 0.278. The van der Waals surface area contributed by atoms with Gasteiger partial charge in [0.1, 0.15) is 11.0 Å². The van der Waals surface area contributed by atoms with Crippen molar-refractivity contribution in [1.82, 2.24) is 4.90 Å². The molecule has 6 nitrogen and oxygen atoms in total. The van der Waals surface area contributed by atoms with Gasteiger partial charge in [0.25, 0.3) is 5.91 Å². The molecule has 1 aliphatic heterocycles. The summed E-state index contributed by atoms with van der Waals surface area (Å²) in [4.78, 5) is 38.4. The van der Waals surface area contributed by atoms with Gasteiger partial charge in [-0.2, -0.15) is 0 Å². The van der Waals surface area contributed by atoms with Crippen LogP contribution in [0.3, 0.4) is 0 Å². The number of amides is 3. The maximum absolute atomic E-state index is 12.6. The van der Waals surface area contributed by atoms with Gasteiger partial charge in [0, 0.05) is 18.3 Å². The highest BCUT2D eigenvalue weighted by Gasteiger charge is 2.33. The summed E-state index contributed by atoms with van der Waals surface area (Å²) in [6.07, 6.45) is 1.41. The molecule has 3 amide bonds. The number of primary amides is 1. The first-order valence-electron chi connectivity index (χ1n) is 8.04. The Morgan fingerprint density at radius 2 is 1.96 bits per heavy atom. The lowest BCUT2D eigenvalue weighted by molar-refractivity contribution is -0.134. The Morgan fingerprint density at radius 1 is 1.24 bits per heavy atom. The molecule has 0 spiro atoms. The average molecular weight is 357 g/mol. The smallest absolute Gasteiger partial charge is 0.251 e. The van der Waals surface area contributed by atoms with Crippen LogP contribution in [-0.2, 0) is 9.59 Å². The van der Waals surface area contributed by atoms with Gasteiger partial charge in [-0.05, 0) is 24.5 Å². The molecular weight excluding hydrogens is 338 g/mol. The standard InChI is InChI=1S/C18H19N3O3S/c1-11(22)21-9-5-8-14(21)17(24)20-18-13(16(19)23)10-15(25-18)12-6-3-2-4-7-12/h2-4,6-7,10,14H,5,8-9H2,1H3,(H2,19,23)(H,20,24). The second-order valence-corrected chi connectivity index (χ2v) is 7.00. The van der Waals surface area contributed by atoms with E-state index in [9.17, 15) is 14.4 Å². The van der Waals surface area contributed by atoms with E-state index in [2.05, 4.69) is 5.32 Å². The zero-order valence-corrected chi connectivity index (χ0v) is 14.6. The number of carbonyl (C=O) groups is 3. The minimum atomic E-state index is -0.594. The van der Waals surface area contributed by atoms with E-state index in [1.165, 1.54) is 18.3 Å². The first-order valence-corrected chi connectivity index (χ1v) is 8.86. The van der Waals surface area contributed by atoms with Crippen molar-refractivity contribution in [3.8, 4) is 10.4 Å². The highest BCUT2D eigenvalue weighted by atomic mass is 32.1. The maximum Gasteiger partial charge on any atom is 0.251 e. The Kier molecular flexibility index (Phi) is 4.85. The molecule has 1 fully saturated rings. The summed E-state index contributed by atoms with van der Waals surface area (Å²) < 4.78 is 0. The van der Waals surface area contributed by atoms with Crippen molar-refractivity contribution in [2.24, 2.45) is 5.73 Å². The molecule has 0 aliphatic carbocycles. The van der Waals surface area contributed by atoms with E-state index in [4.69, 9.17) is 5.73 Å². The van der Waals surface area contributed by atoms with Gasteiger partial charge in [-0.3, -0.25) is 14.4 Å². The maximum atomic E-state index is 12.6. The quantitative estimate of drug-likeness (QED) is 0.880. The van der Waals surface area contributed by atoms with Crippen LogP contribution in [0.5, 0.6) is 0 Å². The number of rotatable bonds is 4. The fourth-order valence-corrected chi connectivity index (χ4v) is 4.09. The summed E-state index contributed by atoms with van der Waals surface area (Å²) in [7, 11) is 0. The number of benzene rings is 1. The molecule has 2 aromatic rings. The number of anilines is 1. The third kappa shape index (κ3) is 3.56. The molecule has 1 unspecified atom stereocenters. The second-order valence-electron chi connectivity index (χ2n) is 5.94. The Morgan fingerprint density at radius 3 is 2.60 bits per heavy atom. The summed E-state index contributed by atoms with van der Waals surface area (Å²) in [6, 6.07) is 10.8. The van der Waals surface area contributed by atoms with Crippen molar-refractivity contribution in [2.45, 2.75) is 25.8 Å². The van der Waals surface area contributed by atoms with Gasteiger partial charge in [0.05, 0.1) is 5.56 Å². The molecule has 130 valence electrons. The van der Waals surface area contributed by atoms with E-state index >= 15 is 0 Å². The van der Waals surface area contributed by atoms with Crippen LogP contribution in [0.2, 0.25) is 0 Å². The van der Waals surface area contributed by atoms with Crippen LogP contribution < -0.4 is 11.1 Å². The summed E-state index contributed by atoms with van der Waals surface area (Å²) in [5.74, 6) is -0.996. The van der Waals surface area contributed by atoms with Gasteiger partial charge in [-0.25, -0.2) is 0 Å². The van der Waals surface area contributed by atoms with Crippen molar-refractivity contribution in [1.29, 1.82) is 0 Å². The Labute approximate surface area is 149 Å². The number of likely N-dealkylation sites (tertiary alicyclic amines) is 1. The number of nitrogens with zero attached hydrogens (tertiary/aromatic N) is 1. The Hall–Kier alpha value is -2.67. The number of thiophene rings is 1. The minimum absolute atomic E-state index is 0.121. The van der Waals surface area contributed by atoms with Crippen LogP contribution in [0.4, 0.5) is 5.00 Å². The van der Waals surface area contributed by atoms with E-state index in [1.54, 1.807) is 11.0 Å². The van der Waals surface area contributed by atoms with Crippen molar-refractivity contribution in [2.75, 3.05) is 11.9 Å². The molecule has 1 saturated heterocycles. The highest BCUT2D eigenvalue weighted by Crippen LogP contribution is 2.35. The lowest BCUT2D eigenvalue weighted by Gasteiger charge is -2.22. The van der Waals surface area contributed by atoms with E-state index in [0.29, 0.717) is 18.0 Å². The van der Waals surface area contributed by atoms with E-state index in [1.807, 2.05) is 30.3 Å². The SMILES string of the molecule is CC(=O)N1CCCC1C(=O)Nc1sc(-c2ccccc2)cc1C(N)=O. The molecule has 25 heavy (non-hydrogen) atoms. The van der Waals surface area contributed by atoms with E-state index in [0.717, 1.165) is 16.9 Å². The van der Waals surface area contributed by atoms with Crippen LogP contribution in [0.1, 0.15) is 30.1 Å². The van der Waals surface area contributed by atoms with Gasteiger partial charge in [0.2, 0.25) is 11.8 Å². The van der Waals surface area contributed by atoms with Gasteiger partial charge in [-0.1, -0.05) is 30.3 Å². The molecular formula is C18H19N3O3S. The number of hydrogen-bond donors (Lipinski definition) is 2. The predicted octanol–water partition coefficient (Wildman–Crippen LogP) is 2.46. The molecule has 0 radical (unpaired) electrons. The van der Waals surface area contributed by atoms with Crippen LogP contribution >= 0.6 is 11.3 Å². The molecule has 0 bridgehead atoms. The number of carbonyl (C=O) groups excluding carboxylic acids is 3. The average Bonchev–Trinajstić information content (AvgIpc) is 3.22. The summed E-state index contributed by atoms with van der Waals surface area (Å²) >= 11 is 1.30. The molecule has 1 atom stereocenters. The highest BCUT2D eigenvalue weighted by molar-refractivity contribution is 7.20. The van der Waals surface area contributed by atoms with Crippen molar-refractivity contribution >= 4 is 34.1 Å². The zero-order valence-electron chi connectivity index (χ0n) is 13.8. The van der Waals surface area contributed by atoms with Crippen LogP contribution in [-0.4, -0.2) is 35.2 Å². The molecule has 7 heteroatoms. The normalized spacial score (nSPS) is 16.7. The second kappa shape index (κ2) is 7.06. The van der Waals surface area contributed by atoms with Crippen molar-refractivity contribution in [3.63, 3.8) is 0 Å². The molecule has 1 aromatic carbocycles. The first kappa shape index (κ1) is 17.2. The fourth-order valence-electron chi connectivity index (χ4n) is 3.02. The van der Waals surface area contributed by atoms with Gasteiger partial charge in [0.15, 0.2) is 0 Å². The summed E-state index contributed by atoms with van der Waals surface area (Å²) in [6.45, 7) is 2.04. The van der Waals surface area contributed by atoms with Gasteiger partial charge < -0.3 is 16.0 Å². The Balaban J connectivity index is 1.86. The molecule has 0 saturated carbocycles. The van der Waals surface area contributed by atoms with Gasteiger partial charge in [-0.15, -0.1) is 11.3 Å². The molecule has 1 aliphatic rings. The Bertz CT molecular complexity index is 816. The molecule has 3 N–H and O–H groups in total. The summed E-state index contributed by atoms with van der Waals surface area (Å²) in [5, 5.41) is 3.22. The van der Waals surface area contributed by atoms with Crippen LogP contribution in [0, 0.1) is 0 Å². The lowest BCUT2D eigenvalue weighted by Crippen LogP contribution is -2.42. The zero-order chi connectivity index (χ0) is 18.0.